The van der Waals surface area contributed by atoms with Gasteiger partial charge in [0.1, 0.15) is 18.1 Å². The highest BCUT2D eigenvalue weighted by Gasteiger charge is 2.32. The van der Waals surface area contributed by atoms with E-state index < -0.39 is 91.4 Å². The van der Waals surface area contributed by atoms with Crippen LogP contribution in [0.25, 0.3) is 0 Å². The summed E-state index contributed by atoms with van der Waals surface area (Å²) in [4.78, 5) is 81.4. The van der Waals surface area contributed by atoms with Crippen molar-refractivity contribution < 1.29 is 54.0 Å². The highest BCUT2D eigenvalue weighted by molar-refractivity contribution is 7.98. The number of nitrogens with one attached hydrogen (secondary N) is 3. The molecule has 0 aliphatic rings. The second-order valence-electron chi connectivity index (χ2n) is 7.04. The van der Waals surface area contributed by atoms with Gasteiger partial charge in [-0.05, 0) is 24.9 Å². The fraction of sp³-hybridized carbons (Fsp3) is 0.611. The van der Waals surface area contributed by atoms with Gasteiger partial charge >= 0.3 is 23.9 Å². The number of rotatable bonds is 17. The summed E-state index contributed by atoms with van der Waals surface area (Å²) in [7, 11) is 0. The van der Waals surface area contributed by atoms with Gasteiger partial charge in [0.15, 0.2) is 0 Å². The highest BCUT2D eigenvalue weighted by atomic mass is 32.2. The molecular formula is C18H28N4O11S. The number of amides is 3. The number of carbonyl (C=O) groups is 7. The van der Waals surface area contributed by atoms with Crippen molar-refractivity contribution in [1.82, 2.24) is 16.0 Å². The molecule has 4 unspecified atom stereocenters. The van der Waals surface area contributed by atoms with Gasteiger partial charge in [-0.2, -0.15) is 11.8 Å². The normalized spacial score (nSPS) is 14.1. The van der Waals surface area contributed by atoms with Crippen LogP contribution in [0.1, 0.15) is 32.1 Å². The second kappa shape index (κ2) is 15.4. The van der Waals surface area contributed by atoms with Crippen LogP contribution in [0.5, 0.6) is 0 Å². The first-order valence-corrected chi connectivity index (χ1v) is 11.2. The fourth-order valence-electron chi connectivity index (χ4n) is 2.52. The number of carboxylic acid groups (broad SMARTS) is 4. The van der Waals surface area contributed by atoms with Crippen LogP contribution in [0, 0.1) is 0 Å². The summed E-state index contributed by atoms with van der Waals surface area (Å²) in [5, 5.41) is 42.2. The summed E-state index contributed by atoms with van der Waals surface area (Å²) >= 11 is 1.31. The van der Waals surface area contributed by atoms with Crippen LogP contribution in [0.15, 0.2) is 0 Å². The molecule has 16 heteroatoms. The SMILES string of the molecule is CSCCC(NC(=O)C(CC(=O)O)NC(=O)C(CCC(=O)O)NC(=O)C(N)CC(=O)O)C(=O)O. The smallest absolute Gasteiger partial charge is 0.326 e. The number of nitrogens with two attached hydrogens (primary N) is 1. The van der Waals surface area contributed by atoms with Crippen molar-refractivity contribution in [3.05, 3.63) is 0 Å². The van der Waals surface area contributed by atoms with Gasteiger partial charge in [0.25, 0.3) is 0 Å². The molecule has 0 saturated heterocycles. The predicted molar refractivity (Wildman–Crippen MR) is 116 cm³/mol. The van der Waals surface area contributed by atoms with Crippen LogP contribution in [0.3, 0.4) is 0 Å². The molecule has 0 heterocycles. The lowest BCUT2D eigenvalue weighted by Gasteiger charge is -2.24. The average Bonchev–Trinajstić information content (AvgIpc) is 2.71. The van der Waals surface area contributed by atoms with E-state index in [0.29, 0.717) is 5.75 Å². The van der Waals surface area contributed by atoms with Gasteiger partial charge in [-0.1, -0.05) is 0 Å². The summed E-state index contributed by atoms with van der Waals surface area (Å²) in [6, 6.07) is -6.27. The highest BCUT2D eigenvalue weighted by Crippen LogP contribution is 2.05. The minimum absolute atomic E-state index is 0.0226. The molecule has 0 aliphatic heterocycles. The van der Waals surface area contributed by atoms with Gasteiger partial charge < -0.3 is 42.1 Å². The summed E-state index contributed by atoms with van der Waals surface area (Å²) in [5.41, 5.74) is 5.42. The van der Waals surface area contributed by atoms with Crippen molar-refractivity contribution in [2.24, 2.45) is 5.73 Å². The van der Waals surface area contributed by atoms with E-state index >= 15 is 0 Å². The van der Waals surface area contributed by atoms with Crippen molar-refractivity contribution in [2.75, 3.05) is 12.0 Å². The Labute approximate surface area is 197 Å². The molecule has 15 nitrogen and oxygen atoms in total. The largest absolute Gasteiger partial charge is 0.481 e. The zero-order valence-electron chi connectivity index (χ0n) is 18.2. The van der Waals surface area contributed by atoms with Crippen LogP contribution >= 0.6 is 11.8 Å². The van der Waals surface area contributed by atoms with Gasteiger partial charge in [0.05, 0.1) is 18.9 Å². The Morgan fingerprint density at radius 3 is 1.68 bits per heavy atom. The molecule has 3 amide bonds. The third-order valence-electron chi connectivity index (χ3n) is 4.25. The summed E-state index contributed by atoms with van der Waals surface area (Å²) in [5.74, 6) is -8.60. The van der Waals surface area contributed by atoms with Gasteiger partial charge in [-0.15, -0.1) is 0 Å². The number of hydrogen-bond acceptors (Lipinski definition) is 9. The first kappa shape index (κ1) is 30.6. The third-order valence-corrected chi connectivity index (χ3v) is 4.89. The van der Waals surface area contributed by atoms with E-state index in [1.165, 1.54) is 11.8 Å². The van der Waals surface area contributed by atoms with Gasteiger partial charge in [0, 0.05) is 6.42 Å². The Bertz CT molecular complexity index is 792. The number of carboxylic acids is 4. The van der Waals surface area contributed by atoms with Gasteiger partial charge in [-0.3, -0.25) is 28.8 Å². The van der Waals surface area contributed by atoms with E-state index in [1.54, 1.807) is 6.26 Å². The van der Waals surface area contributed by atoms with E-state index in [-0.39, 0.29) is 6.42 Å². The molecule has 4 atom stereocenters. The monoisotopic (exact) mass is 508 g/mol. The standard InChI is InChI=1S/C18H28N4O11S/c1-34-5-4-10(18(32)33)21-17(31)11(7-14(27)28)22-16(30)9(2-3-12(23)24)20-15(29)8(19)6-13(25)26/h8-11H,2-7,19H2,1H3,(H,20,29)(H,21,31)(H,22,30)(H,23,24)(H,25,26)(H,27,28)(H,32,33). The Balaban J connectivity index is 5.56. The van der Waals surface area contributed by atoms with Gasteiger partial charge in [0.2, 0.25) is 17.7 Å². The first-order chi connectivity index (χ1) is 15.8. The third kappa shape index (κ3) is 12.6. The topological polar surface area (TPSA) is 263 Å². The summed E-state index contributed by atoms with van der Waals surface area (Å²) in [6.07, 6.45) is -1.09. The average molecular weight is 509 g/mol. The van der Waals surface area contributed by atoms with Crippen LogP contribution in [-0.4, -0.2) is 98.2 Å². The molecule has 0 spiro atoms. The Hall–Kier alpha value is -3.40. The number of carbonyl (C=O) groups excluding carboxylic acids is 3. The maximum absolute atomic E-state index is 12.7. The van der Waals surface area contributed by atoms with Crippen LogP contribution in [-0.2, 0) is 33.6 Å². The zero-order valence-corrected chi connectivity index (χ0v) is 19.0. The minimum atomic E-state index is -1.75. The second-order valence-corrected chi connectivity index (χ2v) is 8.02. The molecule has 34 heavy (non-hydrogen) atoms. The van der Waals surface area contributed by atoms with E-state index in [4.69, 9.17) is 21.1 Å². The zero-order chi connectivity index (χ0) is 26.4. The Morgan fingerprint density at radius 1 is 0.706 bits per heavy atom. The van der Waals surface area contributed by atoms with Crippen molar-refractivity contribution >= 4 is 53.4 Å². The quantitative estimate of drug-likeness (QED) is 0.100. The molecule has 9 N–H and O–H groups in total. The predicted octanol–water partition coefficient (Wildman–Crippen LogP) is -2.58. The Morgan fingerprint density at radius 2 is 1.21 bits per heavy atom. The van der Waals surface area contributed by atoms with Crippen molar-refractivity contribution in [3.8, 4) is 0 Å². The van der Waals surface area contributed by atoms with E-state index in [0.717, 1.165) is 0 Å². The molecule has 0 radical (unpaired) electrons. The Kier molecular flexibility index (Phi) is 13.9. The molecular weight excluding hydrogens is 480 g/mol. The summed E-state index contributed by atoms with van der Waals surface area (Å²) < 4.78 is 0. The first-order valence-electron chi connectivity index (χ1n) is 9.82. The molecule has 0 bridgehead atoms. The van der Waals surface area contributed by atoms with Gasteiger partial charge in [-0.25, -0.2) is 4.79 Å². The lowest BCUT2D eigenvalue weighted by atomic mass is 10.1. The van der Waals surface area contributed by atoms with Crippen molar-refractivity contribution in [3.63, 3.8) is 0 Å². The lowest BCUT2D eigenvalue weighted by Crippen LogP contribution is -2.57. The van der Waals surface area contributed by atoms with E-state index in [2.05, 4.69) is 16.0 Å². The maximum Gasteiger partial charge on any atom is 0.326 e. The van der Waals surface area contributed by atoms with E-state index in [9.17, 15) is 38.7 Å². The van der Waals surface area contributed by atoms with Crippen molar-refractivity contribution in [2.45, 2.75) is 56.3 Å². The number of aliphatic carboxylic acids is 4. The molecule has 0 aromatic rings. The minimum Gasteiger partial charge on any atom is -0.481 e. The fourth-order valence-corrected chi connectivity index (χ4v) is 2.99. The van der Waals surface area contributed by atoms with Crippen LogP contribution in [0.4, 0.5) is 0 Å². The molecule has 0 aromatic heterocycles. The van der Waals surface area contributed by atoms with E-state index in [1.807, 2.05) is 0 Å². The lowest BCUT2D eigenvalue weighted by molar-refractivity contribution is -0.143. The van der Waals surface area contributed by atoms with Crippen molar-refractivity contribution in [1.29, 1.82) is 0 Å². The molecule has 192 valence electrons. The van der Waals surface area contributed by atoms with Crippen LogP contribution in [0.2, 0.25) is 0 Å². The maximum atomic E-state index is 12.7. The summed E-state index contributed by atoms with van der Waals surface area (Å²) in [6.45, 7) is 0. The molecule has 0 fully saturated rings. The molecule has 0 aliphatic carbocycles. The number of hydrogen-bond donors (Lipinski definition) is 8. The molecule has 0 rings (SSSR count). The molecule has 0 aromatic carbocycles. The number of thioether (sulfide) groups is 1. The molecule has 0 saturated carbocycles. The van der Waals surface area contributed by atoms with Crippen LogP contribution < -0.4 is 21.7 Å².